The van der Waals surface area contributed by atoms with Crippen LogP contribution >= 0.6 is 0 Å². The summed E-state index contributed by atoms with van der Waals surface area (Å²) < 4.78 is 23.9. The first-order chi connectivity index (χ1) is 46.0. The summed E-state index contributed by atoms with van der Waals surface area (Å²) in [5, 5.41) is 8.50. The molecule has 4 aromatic carbocycles. The van der Waals surface area contributed by atoms with Gasteiger partial charge in [0.25, 0.3) is 11.8 Å². The first kappa shape index (κ1) is 67.6. The van der Waals surface area contributed by atoms with Crippen molar-refractivity contribution in [1.29, 1.82) is 0 Å². The van der Waals surface area contributed by atoms with Crippen LogP contribution in [-0.4, -0.2) is 165 Å². The zero-order chi connectivity index (χ0) is 66.7. The van der Waals surface area contributed by atoms with Crippen molar-refractivity contribution in [3.05, 3.63) is 107 Å². The number of carbonyl (C=O) groups is 7. The molecule has 3 N–H and O–H groups in total. The molecule has 7 aliphatic rings. The van der Waals surface area contributed by atoms with Gasteiger partial charge in [0.2, 0.25) is 29.5 Å². The normalized spacial score (nSPS) is 20.6. The lowest BCUT2D eigenvalue weighted by molar-refractivity contribution is -0.140. The van der Waals surface area contributed by atoms with Crippen LogP contribution in [0, 0.1) is 17.8 Å². The van der Waals surface area contributed by atoms with Gasteiger partial charge in [-0.25, -0.2) is 0 Å². The Balaban J connectivity index is 0.612. The maximum Gasteiger partial charge on any atom is 0.260 e. The summed E-state index contributed by atoms with van der Waals surface area (Å²) in [5.74, 6) is -0.248. The van der Waals surface area contributed by atoms with E-state index in [0.717, 1.165) is 74.1 Å². The topological polar surface area (TPSA) is 233 Å². The molecule has 0 spiro atoms. The van der Waals surface area contributed by atoms with E-state index in [1.165, 1.54) is 49.8 Å². The molecule has 21 nitrogen and oxygen atoms in total. The van der Waals surface area contributed by atoms with Crippen molar-refractivity contribution in [1.82, 2.24) is 30.2 Å². The van der Waals surface area contributed by atoms with Crippen LogP contribution in [0.5, 0.6) is 23.0 Å². The number of likely N-dealkylation sites (tertiary alicyclic amines) is 1. The molecule has 504 valence electrons. The number of fused-ring (bicyclic) bond motifs is 4. The number of ether oxygens (including phenoxy) is 4. The van der Waals surface area contributed by atoms with E-state index in [9.17, 15) is 33.6 Å². The van der Waals surface area contributed by atoms with Crippen LogP contribution in [0.3, 0.4) is 0 Å². The lowest BCUT2D eigenvalue weighted by atomic mass is 9.82. The van der Waals surface area contributed by atoms with Crippen LogP contribution in [0.2, 0.25) is 0 Å². The summed E-state index contributed by atoms with van der Waals surface area (Å²) in [7, 11) is 5.21. The van der Waals surface area contributed by atoms with Crippen LogP contribution < -0.4 is 39.8 Å². The number of rotatable bonds is 24. The predicted molar refractivity (Wildman–Crippen MR) is 367 cm³/mol. The Labute approximate surface area is 557 Å². The molecule has 5 atom stereocenters. The lowest BCUT2D eigenvalue weighted by Gasteiger charge is -2.34. The van der Waals surface area contributed by atoms with Gasteiger partial charge in [0.05, 0.1) is 67.9 Å². The summed E-state index contributed by atoms with van der Waals surface area (Å²) >= 11 is 0. The second-order valence-corrected chi connectivity index (χ2v) is 26.7. The van der Waals surface area contributed by atoms with Gasteiger partial charge in [-0.1, -0.05) is 89.5 Å². The van der Waals surface area contributed by atoms with Crippen molar-refractivity contribution >= 4 is 87.7 Å². The van der Waals surface area contributed by atoms with Crippen molar-refractivity contribution in [2.75, 3.05) is 77.4 Å². The van der Waals surface area contributed by atoms with E-state index in [4.69, 9.17) is 28.9 Å². The molecule has 0 aromatic heterocycles. The van der Waals surface area contributed by atoms with Gasteiger partial charge in [0.1, 0.15) is 12.1 Å². The van der Waals surface area contributed by atoms with E-state index in [2.05, 4.69) is 57.1 Å². The van der Waals surface area contributed by atoms with Crippen LogP contribution in [0.15, 0.2) is 95.2 Å². The number of carbonyl (C=O) groups excluding carboxylic acids is 7. The minimum absolute atomic E-state index is 0.0254. The zero-order valence-corrected chi connectivity index (χ0v) is 55.9. The second kappa shape index (κ2) is 31.1. The lowest BCUT2D eigenvalue weighted by Crippen LogP contribution is -2.53. The molecule has 95 heavy (non-hydrogen) atoms. The average molecular weight is 1300 g/mol. The van der Waals surface area contributed by atoms with Gasteiger partial charge in [0.15, 0.2) is 23.0 Å². The molecule has 0 radical (unpaired) electrons. The Kier molecular flexibility index (Phi) is 22.1. The smallest absolute Gasteiger partial charge is 0.260 e. The highest BCUT2D eigenvalue weighted by atomic mass is 16.5. The van der Waals surface area contributed by atoms with Crippen LogP contribution in [0.25, 0.3) is 11.1 Å². The van der Waals surface area contributed by atoms with Gasteiger partial charge in [-0.2, -0.15) is 0 Å². The quantitative estimate of drug-likeness (QED) is 0.0438. The standard InChI is InChI=1S/C74H92N10O11/c1-47(2)69(79-67(85)20-15-12-16-29-82-68(86)40-58(72(82)89)51-18-13-10-8-7-9-11-14-19-51)71(88)77-48(3)70(87)78-54-25-21-49(22-26-54)52-36-56-43-75-61-41-65(63(92-5)38-59(61)73(90)83(56)45-52)94-34-17-35-95-66-42-62-60(39-64(66)93-6)74(91)84-46-53(37-57(84)44-76-62)50-23-27-55(28-24-50)81-32-30-80(4)31-33-81/h21-28,38-39,41-48,51,56-58,69H,7-20,29-37,40H2,1-6H3,(H,77,88)(H,78,87)(H,79,85)/t48-,56-,57-,58?,69?/m0/s1. The Hall–Kier alpha value is -8.85. The number of hydrogen-bond donors (Lipinski definition) is 3. The van der Waals surface area contributed by atoms with E-state index in [1.807, 2.05) is 44.6 Å². The second-order valence-electron chi connectivity index (χ2n) is 26.7. The van der Waals surface area contributed by atoms with Gasteiger partial charge in [-0.15, -0.1) is 0 Å². The first-order valence-electron chi connectivity index (χ1n) is 34.3. The fourth-order valence-electron chi connectivity index (χ4n) is 14.0. The van der Waals surface area contributed by atoms with Crippen LogP contribution in [0.1, 0.15) is 162 Å². The molecule has 1 aliphatic carbocycles. The number of likely N-dealkylation sites (N-methyl/N-ethyl adjacent to an activating group) is 1. The molecular weight excluding hydrogens is 1200 g/mol. The molecule has 3 fully saturated rings. The van der Waals surface area contributed by atoms with E-state index < -0.39 is 23.9 Å². The van der Waals surface area contributed by atoms with Crippen molar-refractivity contribution in [3.8, 4) is 23.0 Å². The number of benzene rings is 4. The Morgan fingerprint density at radius 2 is 1.14 bits per heavy atom. The van der Waals surface area contributed by atoms with Crippen molar-refractivity contribution in [2.24, 2.45) is 27.7 Å². The zero-order valence-electron chi connectivity index (χ0n) is 55.9. The number of amides is 7. The van der Waals surface area contributed by atoms with Crippen molar-refractivity contribution < 1.29 is 52.5 Å². The molecule has 2 saturated heterocycles. The van der Waals surface area contributed by atoms with E-state index in [1.54, 1.807) is 66.4 Å². The van der Waals surface area contributed by atoms with Gasteiger partial charge >= 0.3 is 0 Å². The number of piperazine rings is 1. The Bertz CT molecular complexity index is 3600. The van der Waals surface area contributed by atoms with Gasteiger partial charge in [0, 0.05) is 113 Å². The van der Waals surface area contributed by atoms with E-state index >= 15 is 0 Å². The molecule has 11 rings (SSSR count). The van der Waals surface area contributed by atoms with Gasteiger partial charge < -0.3 is 54.5 Å². The SMILES string of the molecule is COc1cc2c(cc1OCCCOc1cc3c(cc1OC)C(=O)N1C=C(c4ccc(N5CCN(C)CC5)cc4)C[C@H]1C=N3)N=C[C@@H]1CC(c3ccc(NC(=O)[C@H](C)NC(=O)C(NC(=O)CCCCCN4C(=O)CC(C5CCCCCCCCC5)C4=O)C(C)C)cc3)=CN1C2=O. The number of nitrogens with one attached hydrogen (secondary N) is 3. The van der Waals surface area contributed by atoms with Crippen molar-refractivity contribution in [2.45, 2.75) is 154 Å². The minimum atomic E-state index is -0.924. The summed E-state index contributed by atoms with van der Waals surface area (Å²) in [6, 6.07) is 20.3. The summed E-state index contributed by atoms with van der Waals surface area (Å²) in [4.78, 5) is 114. The molecule has 0 bridgehead atoms. The molecule has 6 heterocycles. The Morgan fingerprint density at radius 1 is 0.600 bits per heavy atom. The number of hydrogen-bond acceptors (Lipinski definition) is 15. The van der Waals surface area contributed by atoms with E-state index in [0.29, 0.717) is 103 Å². The number of methoxy groups -OCH3 is 2. The largest absolute Gasteiger partial charge is 0.493 e. The average Bonchev–Trinajstić information content (AvgIpc) is 1.69. The Morgan fingerprint density at radius 3 is 1.67 bits per heavy atom. The van der Waals surface area contributed by atoms with Crippen LogP contribution in [0.4, 0.5) is 22.7 Å². The van der Waals surface area contributed by atoms with Gasteiger partial charge in [-0.3, -0.25) is 48.4 Å². The molecule has 21 heteroatoms. The molecule has 4 aromatic rings. The summed E-state index contributed by atoms with van der Waals surface area (Å²) in [6.07, 6.45) is 21.7. The molecule has 2 unspecified atom stereocenters. The molecular formula is C74H92N10O11. The third kappa shape index (κ3) is 16.1. The number of aliphatic imine (C=N–C) groups is 2. The highest BCUT2D eigenvalue weighted by Crippen LogP contribution is 2.43. The first-order valence-corrected chi connectivity index (χ1v) is 34.3. The maximum absolute atomic E-state index is 14.2. The number of anilines is 2. The molecule has 1 saturated carbocycles. The van der Waals surface area contributed by atoms with Crippen LogP contribution in [-0.2, 0) is 24.0 Å². The highest BCUT2D eigenvalue weighted by molar-refractivity contribution is 6.07. The monoisotopic (exact) mass is 1300 g/mol. The summed E-state index contributed by atoms with van der Waals surface area (Å²) in [6.45, 7) is 10.2. The van der Waals surface area contributed by atoms with E-state index in [-0.39, 0.29) is 79.0 Å². The van der Waals surface area contributed by atoms with Crippen molar-refractivity contribution in [3.63, 3.8) is 0 Å². The highest BCUT2D eigenvalue weighted by Gasteiger charge is 2.42. The number of imide groups is 1. The fraction of sp³-hybridized carbons (Fsp3) is 0.500. The summed E-state index contributed by atoms with van der Waals surface area (Å²) in [5.41, 5.74) is 7.37. The third-order valence-electron chi connectivity index (χ3n) is 19.7. The predicted octanol–water partition coefficient (Wildman–Crippen LogP) is 10.9. The number of nitrogens with zero attached hydrogens (tertiary/aromatic N) is 7. The van der Waals surface area contributed by atoms with Gasteiger partial charge in [-0.05, 0) is 110 Å². The minimum Gasteiger partial charge on any atom is -0.493 e. The maximum atomic E-state index is 14.2. The molecule has 7 amide bonds. The third-order valence-corrected chi connectivity index (χ3v) is 19.7. The molecule has 6 aliphatic heterocycles. The fourth-order valence-corrected chi connectivity index (χ4v) is 14.0. The number of unbranched alkanes of at least 4 members (excludes halogenated alkanes) is 2.